The third kappa shape index (κ3) is 4.71. The summed E-state index contributed by atoms with van der Waals surface area (Å²) in [5, 5.41) is 8.31. The molecule has 1 N–H and O–H groups in total. The van der Waals surface area contributed by atoms with Crippen molar-refractivity contribution in [1.82, 2.24) is 14.9 Å². The van der Waals surface area contributed by atoms with Gasteiger partial charge in [0.15, 0.2) is 5.69 Å². The molecule has 0 spiro atoms. The molecule has 1 heterocycles. The molecule has 30 heavy (non-hydrogen) atoms. The minimum Gasteiger partial charge on any atom is -0.349 e. The van der Waals surface area contributed by atoms with Crippen LogP contribution in [0.1, 0.15) is 49.3 Å². The van der Waals surface area contributed by atoms with Gasteiger partial charge in [-0.15, -0.1) is 5.10 Å². The molecule has 0 fully saturated rings. The van der Waals surface area contributed by atoms with E-state index in [0.29, 0.717) is 12.0 Å². The Morgan fingerprint density at radius 1 is 1.13 bits per heavy atom. The first-order valence-corrected chi connectivity index (χ1v) is 10.4. The second kappa shape index (κ2) is 9.13. The number of anilines is 1. The predicted molar refractivity (Wildman–Crippen MR) is 115 cm³/mol. The summed E-state index contributed by atoms with van der Waals surface area (Å²) in [6.45, 7) is 5.75. The van der Waals surface area contributed by atoms with Crippen molar-refractivity contribution < 1.29 is 14.0 Å². The SMILES string of the molecule is CCC(C)(C)NC(=O)[C@@H](c1ccccc1)N(C(=O)c1csnn1)c1ccccc1F. The van der Waals surface area contributed by atoms with Gasteiger partial charge in [0, 0.05) is 10.9 Å². The number of amides is 2. The number of carbonyl (C=O) groups is 2. The normalized spacial score (nSPS) is 12.3. The predicted octanol–water partition coefficient (Wildman–Crippen LogP) is 4.37. The van der Waals surface area contributed by atoms with Gasteiger partial charge in [0.25, 0.3) is 5.91 Å². The van der Waals surface area contributed by atoms with Gasteiger partial charge in [-0.25, -0.2) is 4.39 Å². The Kier molecular flexibility index (Phi) is 6.56. The number of benzene rings is 2. The van der Waals surface area contributed by atoms with Crippen LogP contribution in [0.25, 0.3) is 0 Å². The lowest BCUT2D eigenvalue weighted by Crippen LogP contribution is -2.50. The maximum atomic E-state index is 14.8. The fourth-order valence-electron chi connectivity index (χ4n) is 2.94. The molecule has 0 unspecified atom stereocenters. The summed E-state index contributed by atoms with van der Waals surface area (Å²) in [6, 6.07) is 13.6. The molecule has 3 rings (SSSR count). The Hall–Kier alpha value is -3.13. The van der Waals surface area contributed by atoms with E-state index in [2.05, 4.69) is 14.9 Å². The Bertz CT molecular complexity index is 1010. The van der Waals surface area contributed by atoms with Crippen LogP contribution in [-0.2, 0) is 4.79 Å². The van der Waals surface area contributed by atoms with Gasteiger partial charge < -0.3 is 5.32 Å². The van der Waals surface area contributed by atoms with Crippen LogP contribution >= 0.6 is 11.5 Å². The van der Waals surface area contributed by atoms with E-state index in [1.807, 2.05) is 26.8 Å². The molecule has 0 radical (unpaired) electrons. The summed E-state index contributed by atoms with van der Waals surface area (Å²) < 4.78 is 18.6. The standard InChI is InChI=1S/C22H23FN4O2S/c1-4-22(2,3)24-20(28)19(15-10-6-5-7-11-15)27(18-13-9-8-12-16(18)23)21(29)17-14-30-26-25-17/h5-14,19H,4H2,1-3H3,(H,24,28)/t19-/m1/s1. The van der Waals surface area contributed by atoms with Crippen LogP contribution in [0.15, 0.2) is 60.0 Å². The molecule has 0 saturated heterocycles. The largest absolute Gasteiger partial charge is 0.349 e. The van der Waals surface area contributed by atoms with Gasteiger partial charge in [-0.2, -0.15) is 0 Å². The Morgan fingerprint density at radius 2 is 1.80 bits per heavy atom. The number of rotatable bonds is 7. The summed E-state index contributed by atoms with van der Waals surface area (Å²) in [5.41, 5.74) is 0.0956. The summed E-state index contributed by atoms with van der Waals surface area (Å²) >= 11 is 1.01. The lowest BCUT2D eigenvalue weighted by molar-refractivity contribution is -0.124. The van der Waals surface area contributed by atoms with Gasteiger partial charge in [0.2, 0.25) is 5.91 Å². The quantitative estimate of drug-likeness (QED) is 0.609. The van der Waals surface area contributed by atoms with Crippen molar-refractivity contribution in [3.05, 3.63) is 77.1 Å². The van der Waals surface area contributed by atoms with Crippen molar-refractivity contribution >= 4 is 29.0 Å². The number of hydrogen-bond donors (Lipinski definition) is 1. The fourth-order valence-corrected chi connectivity index (χ4v) is 3.37. The highest BCUT2D eigenvalue weighted by Crippen LogP contribution is 2.32. The molecular formula is C22H23FN4O2S. The molecular weight excluding hydrogens is 403 g/mol. The molecule has 0 aliphatic rings. The van der Waals surface area contributed by atoms with Crippen LogP contribution in [-0.4, -0.2) is 26.9 Å². The zero-order valence-electron chi connectivity index (χ0n) is 17.0. The van der Waals surface area contributed by atoms with E-state index in [1.165, 1.54) is 23.6 Å². The number of halogens is 1. The minimum atomic E-state index is -1.09. The molecule has 1 aromatic heterocycles. The molecule has 0 bridgehead atoms. The van der Waals surface area contributed by atoms with Gasteiger partial charge in [0.05, 0.1) is 5.69 Å². The van der Waals surface area contributed by atoms with Crippen molar-refractivity contribution in [3.63, 3.8) is 0 Å². The molecule has 8 heteroatoms. The van der Waals surface area contributed by atoms with Crippen molar-refractivity contribution in [3.8, 4) is 0 Å². The molecule has 6 nitrogen and oxygen atoms in total. The number of nitrogens with one attached hydrogen (secondary N) is 1. The van der Waals surface area contributed by atoms with Crippen LogP contribution in [0.4, 0.5) is 10.1 Å². The van der Waals surface area contributed by atoms with Crippen molar-refractivity contribution in [2.45, 2.75) is 38.8 Å². The average Bonchev–Trinajstić information content (AvgIpc) is 3.27. The van der Waals surface area contributed by atoms with Gasteiger partial charge in [-0.3, -0.25) is 14.5 Å². The molecule has 1 atom stereocenters. The van der Waals surface area contributed by atoms with Gasteiger partial charge in [-0.05, 0) is 49.5 Å². The van der Waals surface area contributed by atoms with E-state index in [0.717, 1.165) is 16.4 Å². The third-order valence-electron chi connectivity index (χ3n) is 4.88. The number of nitrogens with zero attached hydrogens (tertiary/aromatic N) is 3. The smallest absolute Gasteiger partial charge is 0.280 e. The zero-order valence-corrected chi connectivity index (χ0v) is 17.8. The first-order chi connectivity index (χ1) is 14.3. The molecule has 2 amide bonds. The molecule has 156 valence electrons. The summed E-state index contributed by atoms with van der Waals surface area (Å²) in [6.07, 6.45) is 0.684. The van der Waals surface area contributed by atoms with Crippen LogP contribution in [0.3, 0.4) is 0 Å². The van der Waals surface area contributed by atoms with Crippen molar-refractivity contribution in [1.29, 1.82) is 0 Å². The van der Waals surface area contributed by atoms with Crippen LogP contribution in [0.2, 0.25) is 0 Å². The van der Waals surface area contributed by atoms with Crippen LogP contribution < -0.4 is 10.2 Å². The highest BCUT2D eigenvalue weighted by molar-refractivity contribution is 7.03. The summed E-state index contributed by atoms with van der Waals surface area (Å²) in [7, 11) is 0. The van der Waals surface area contributed by atoms with Crippen molar-refractivity contribution in [2.24, 2.45) is 0 Å². The molecule has 0 aliphatic heterocycles. The van der Waals surface area contributed by atoms with E-state index in [9.17, 15) is 14.0 Å². The van der Waals surface area contributed by atoms with Gasteiger partial charge in [0.1, 0.15) is 11.9 Å². The molecule has 3 aromatic rings. The molecule has 0 aliphatic carbocycles. The van der Waals surface area contributed by atoms with E-state index >= 15 is 0 Å². The van der Waals surface area contributed by atoms with E-state index in [4.69, 9.17) is 0 Å². The van der Waals surface area contributed by atoms with Gasteiger partial charge in [-0.1, -0.05) is 53.9 Å². The second-order valence-corrected chi connectivity index (χ2v) is 8.07. The first kappa shape index (κ1) is 21.6. The first-order valence-electron chi connectivity index (χ1n) is 9.56. The lowest BCUT2D eigenvalue weighted by atomic mass is 9.98. The zero-order chi connectivity index (χ0) is 21.7. The van der Waals surface area contributed by atoms with E-state index in [1.54, 1.807) is 30.3 Å². The third-order valence-corrected chi connectivity index (χ3v) is 5.38. The summed E-state index contributed by atoms with van der Waals surface area (Å²) in [5.74, 6) is -1.63. The maximum Gasteiger partial charge on any atom is 0.280 e. The van der Waals surface area contributed by atoms with Crippen LogP contribution in [0, 0.1) is 5.82 Å². The number of para-hydroxylation sites is 1. The summed E-state index contributed by atoms with van der Waals surface area (Å²) in [4.78, 5) is 28.0. The Morgan fingerprint density at radius 3 is 2.40 bits per heavy atom. The monoisotopic (exact) mass is 426 g/mol. The van der Waals surface area contributed by atoms with Crippen molar-refractivity contribution in [2.75, 3.05) is 4.90 Å². The second-order valence-electron chi connectivity index (χ2n) is 7.46. The van der Waals surface area contributed by atoms with E-state index < -0.39 is 29.2 Å². The number of carbonyl (C=O) groups excluding carboxylic acids is 2. The molecule has 2 aromatic carbocycles. The average molecular weight is 427 g/mol. The minimum absolute atomic E-state index is 0.00573. The van der Waals surface area contributed by atoms with E-state index in [-0.39, 0.29) is 11.4 Å². The number of hydrogen-bond acceptors (Lipinski definition) is 5. The van der Waals surface area contributed by atoms with Crippen LogP contribution in [0.5, 0.6) is 0 Å². The molecule has 0 saturated carbocycles. The lowest BCUT2D eigenvalue weighted by Gasteiger charge is -2.34. The highest BCUT2D eigenvalue weighted by atomic mass is 32.1. The Labute approximate surface area is 178 Å². The fraction of sp³-hybridized carbons (Fsp3) is 0.273. The topological polar surface area (TPSA) is 75.2 Å². The number of aromatic nitrogens is 2. The van der Waals surface area contributed by atoms with Gasteiger partial charge >= 0.3 is 0 Å². The Balaban J connectivity index is 2.17. The highest BCUT2D eigenvalue weighted by Gasteiger charge is 2.37. The maximum absolute atomic E-state index is 14.8.